The third-order valence-corrected chi connectivity index (χ3v) is 6.17. The van der Waals surface area contributed by atoms with Gasteiger partial charge in [-0.1, -0.05) is 79.5 Å². The Kier molecular flexibility index (Phi) is 18.6. The Morgan fingerprint density at radius 3 is 2.49 bits per heavy atom. The number of aliphatic hydroxyl groups is 1. The van der Waals surface area contributed by atoms with Crippen molar-refractivity contribution in [2.24, 2.45) is 0 Å². The maximum absolute atomic E-state index is 12.5. The number of halogens is 3. The van der Waals surface area contributed by atoms with E-state index in [1.807, 2.05) is 30.3 Å². The van der Waals surface area contributed by atoms with Gasteiger partial charge in [0.25, 0.3) is 0 Å². The highest BCUT2D eigenvalue weighted by molar-refractivity contribution is 8.66. The monoisotopic (exact) mass is 617 g/mol. The fourth-order valence-corrected chi connectivity index (χ4v) is 4.17. The van der Waals surface area contributed by atoms with Crippen LogP contribution in [0.3, 0.4) is 0 Å². The lowest BCUT2D eigenvalue weighted by molar-refractivity contribution is -0.125. The van der Waals surface area contributed by atoms with Gasteiger partial charge in [-0.2, -0.15) is 18.3 Å². The first kappa shape index (κ1) is 36.3. The van der Waals surface area contributed by atoms with Crippen LogP contribution in [-0.2, 0) is 22.1 Å². The third kappa shape index (κ3) is 16.3. The molecule has 0 saturated heterocycles. The van der Waals surface area contributed by atoms with Gasteiger partial charge in [0.2, 0.25) is 11.8 Å². The number of allylic oxidation sites excluding steroid dienone is 2. The summed E-state index contributed by atoms with van der Waals surface area (Å²) in [6.07, 6.45) is 4.50. The Morgan fingerprint density at radius 2 is 1.90 bits per heavy atom. The molecule has 2 N–H and O–H groups in total. The second kappa shape index (κ2) is 21.0. The summed E-state index contributed by atoms with van der Waals surface area (Å²) < 4.78 is 49.2. The van der Waals surface area contributed by atoms with Crippen molar-refractivity contribution < 1.29 is 36.8 Å². The number of rotatable bonds is 12. The van der Waals surface area contributed by atoms with Crippen molar-refractivity contribution in [2.45, 2.75) is 70.8 Å². The van der Waals surface area contributed by atoms with Crippen LogP contribution in [0.1, 0.15) is 61.5 Å². The van der Waals surface area contributed by atoms with E-state index < -0.39 is 12.6 Å². The Morgan fingerprint density at radius 1 is 1.22 bits per heavy atom. The van der Waals surface area contributed by atoms with Gasteiger partial charge in [0.1, 0.15) is 18.8 Å². The van der Waals surface area contributed by atoms with Gasteiger partial charge >= 0.3 is 6.18 Å². The molecular weight excluding hydrogens is 579 g/mol. The number of hydrogen-bond donors (Lipinski definition) is 3. The van der Waals surface area contributed by atoms with Crippen LogP contribution in [0.2, 0.25) is 0 Å². The molecule has 0 bridgehead atoms. The summed E-state index contributed by atoms with van der Waals surface area (Å²) in [5.41, 5.74) is 1.58. The number of nitrogens with one attached hydrogen (secondary N) is 1. The lowest BCUT2D eigenvalue weighted by atomic mass is 9.95. The highest BCUT2D eigenvalue weighted by atomic mass is 33.1. The fraction of sp³-hybridized carbons (Fsp3) is 0.464. The molecule has 0 radical (unpaired) electrons. The average Bonchev–Trinajstić information content (AvgIpc) is 3.36. The van der Waals surface area contributed by atoms with Crippen LogP contribution in [-0.4, -0.2) is 53.0 Å². The number of ether oxygens (including phenoxy) is 1. The summed E-state index contributed by atoms with van der Waals surface area (Å²) in [6.45, 7) is 2.03. The zero-order chi connectivity index (χ0) is 30.5. The van der Waals surface area contributed by atoms with Crippen LogP contribution >= 0.6 is 22.7 Å². The normalized spacial score (nSPS) is 14.0. The minimum atomic E-state index is -4.31. The van der Waals surface area contributed by atoms with Crippen LogP contribution < -0.4 is 10.1 Å². The van der Waals surface area contributed by atoms with Gasteiger partial charge in [-0.15, -0.1) is 0 Å². The summed E-state index contributed by atoms with van der Waals surface area (Å²) in [5.74, 6) is -0.100. The maximum Gasteiger partial charge on any atom is 0.392 e. The molecule has 0 spiro atoms. The lowest BCUT2D eigenvalue weighted by Gasteiger charge is -2.22. The van der Waals surface area contributed by atoms with E-state index in [9.17, 15) is 22.8 Å². The van der Waals surface area contributed by atoms with Crippen LogP contribution in [0.5, 0.6) is 5.88 Å². The van der Waals surface area contributed by atoms with Gasteiger partial charge in [0, 0.05) is 19.2 Å². The van der Waals surface area contributed by atoms with Crippen molar-refractivity contribution in [3.8, 4) is 5.88 Å². The van der Waals surface area contributed by atoms with Crippen LogP contribution in [0.4, 0.5) is 13.2 Å². The Balaban J connectivity index is 0.000000584. The van der Waals surface area contributed by atoms with E-state index in [1.165, 1.54) is 28.8 Å². The van der Waals surface area contributed by atoms with Crippen LogP contribution in [0.15, 0.2) is 60.2 Å². The van der Waals surface area contributed by atoms with Crippen molar-refractivity contribution in [2.75, 3.05) is 13.7 Å². The maximum atomic E-state index is 12.5. The number of thiol groups is 1. The molecule has 1 fully saturated rings. The molecule has 228 valence electrons. The van der Waals surface area contributed by atoms with Crippen molar-refractivity contribution >= 4 is 34.9 Å². The average molecular weight is 618 g/mol. The number of aromatic nitrogens is 2. The molecular formula is C28H38F3N3O5S2. The van der Waals surface area contributed by atoms with E-state index in [4.69, 9.17) is 14.0 Å². The van der Waals surface area contributed by atoms with E-state index in [2.05, 4.69) is 22.1 Å². The van der Waals surface area contributed by atoms with E-state index in [0.717, 1.165) is 49.9 Å². The number of benzene rings is 1. The zero-order valence-electron chi connectivity index (χ0n) is 23.2. The second-order valence-corrected chi connectivity index (χ2v) is 9.63. The number of nitrogens with zero attached hydrogens (tertiary/aromatic N) is 2. The number of aliphatic hydroxyl groups excluding tert-OH is 1. The minimum Gasteiger partial charge on any atom is -0.473 e. The molecule has 0 aliphatic heterocycles. The van der Waals surface area contributed by atoms with Crippen molar-refractivity contribution in [1.29, 1.82) is 0 Å². The zero-order valence-corrected chi connectivity index (χ0v) is 24.9. The largest absolute Gasteiger partial charge is 0.473 e. The molecule has 41 heavy (non-hydrogen) atoms. The molecule has 13 heteroatoms. The van der Waals surface area contributed by atoms with E-state index in [1.54, 1.807) is 13.0 Å². The highest BCUT2D eigenvalue weighted by Gasteiger charge is 2.25. The fourth-order valence-electron chi connectivity index (χ4n) is 3.82. The summed E-state index contributed by atoms with van der Waals surface area (Å²) >= 11 is 4.94. The van der Waals surface area contributed by atoms with Gasteiger partial charge in [-0.05, 0) is 30.9 Å². The lowest BCUT2D eigenvalue weighted by Crippen LogP contribution is -2.38. The van der Waals surface area contributed by atoms with E-state index >= 15 is 0 Å². The smallest absolute Gasteiger partial charge is 0.392 e. The molecule has 1 heterocycles. The quantitative estimate of drug-likeness (QED) is 0.0847. The first-order valence-corrected chi connectivity index (χ1v) is 14.8. The van der Waals surface area contributed by atoms with Gasteiger partial charge in [0.05, 0.1) is 24.1 Å². The van der Waals surface area contributed by atoms with Crippen LogP contribution in [0.25, 0.3) is 0 Å². The van der Waals surface area contributed by atoms with Crippen molar-refractivity contribution in [3.63, 3.8) is 0 Å². The number of carbonyl (C=O) groups is 2. The first-order valence-electron chi connectivity index (χ1n) is 13.0. The summed E-state index contributed by atoms with van der Waals surface area (Å²) in [4.78, 5) is 23.4. The minimum absolute atomic E-state index is 0.0809. The SMILES string of the molecule is C/C=C\C(=C/CC(F)(F)F)COc1cc(C=O)nn1CC(=O)NC1CCCCC1.CO.SSOCc1ccccc1. The molecule has 2 aromatic rings. The standard InChI is InChI=1S/C20H26F3N3O3.C7H8OS2.CH4O/c1-2-6-15(9-10-20(21,22)23)14-29-19-11-17(13-27)25-26(19)12-18(28)24-16-7-4-3-5-8-16;9-10-8-6-7-4-2-1-3-5-7;1-2/h2,6,9,11,13,16H,3-5,7-8,10,12,14H2,1H3,(H,24,28);1-5,9H,6H2;2H,1H3/b6-2-,15-9+;;. The molecule has 1 amide bonds. The number of carbonyl (C=O) groups excluding carboxylic acids is 2. The molecule has 1 saturated carbocycles. The molecule has 1 aromatic carbocycles. The van der Waals surface area contributed by atoms with E-state index in [0.29, 0.717) is 18.5 Å². The third-order valence-electron chi connectivity index (χ3n) is 5.63. The first-order chi connectivity index (χ1) is 19.7. The summed E-state index contributed by atoms with van der Waals surface area (Å²) in [7, 11) is 1.00. The molecule has 1 aliphatic carbocycles. The van der Waals surface area contributed by atoms with Crippen molar-refractivity contribution in [1.82, 2.24) is 15.1 Å². The number of hydrogen-bond acceptors (Lipinski definition) is 8. The number of alkyl halides is 3. The summed E-state index contributed by atoms with van der Waals surface area (Å²) in [6, 6.07) is 11.5. The molecule has 0 atom stereocenters. The Labute approximate surface area is 248 Å². The molecule has 0 unspecified atom stereocenters. The molecule has 8 nitrogen and oxygen atoms in total. The summed E-state index contributed by atoms with van der Waals surface area (Å²) in [5, 5.41) is 14.0. The molecule has 3 rings (SSSR count). The van der Waals surface area contributed by atoms with E-state index in [-0.39, 0.29) is 36.7 Å². The number of aldehydes is 1. The van der Waals surface area contributed by atoms with Gasteiger partial charge in [0.15, 0.2) is 6.29 Å². The highest BCUT2D eigenvalue weighted by Crippen LogP contribution is 2.22. The Bertz CT molecular complexity index is 1070. The van der Waals surface area contributed by atoms with Crippen molar-refractivity contribution in [3.05, 3.63) is 71.5 Å². The predicted molar refractivity (Wildman–Crippen MR) is 158 cm³/mol. The number of amides is 1. The second-order valence-electron chi connectivity index (χ2n) is 8.79. The Hall–Kier alpha value is -2.74. The topological polar surface area (TPSA) is 103 Å². The molecule has 1 aromatic heterocycles. The predicted octanol–water partition coefficient (Wildman–Crippen LogP) is 6.28. The van der Waals surface area contributed by atoms with Gasteiger partial charge in [-0.25, -0.2) is 4.68 Å². The van der Waals surface area contributed by atoms with Gasteiger partial charge < -0.3 is 19.3 Å². The van der Waals surface area contributed by atoms with Crippen LogP contribution in [0, 0.1) is 0 Å². The molecule has 1 aliphatic rings. The van der Waals surface area contributed by atoms with Gasteiger partial charge in [-0.3, -0.25) is 9.59 Å².